The first kappa shape index (κ1) is 22.3. The molecule has 0 radical (unpaired) electrons. The summed E-state index contributed by atoms with van der Waals surface area (Å²) in [6.45, 7) is 7.84. The third-order valence-corrected chi connectivity index (χ3v) is 4.18. The van der Waals surface area contributed by atoms with Gasteiger partial charge in [0.15, 0.2) is 0 Å². The highest BCUT2D eigenvalue weighted by molar-refractivity contribution is 5.88. The number of hydrogen-bond donors (Lipinski definition) is 1. The first-order valence-corrected chi connectivity index (χ1v) is 9.27. The van der Waals surface area contributed by atoms with Crippen molar-refractivity contribution in [1.29, 1.82) is 0 Å². The van der Waals surface area contributed by atoms with Gasteiger partial charge in [0, 0.05) is 31.4 Å². The van der Waals surface area contributed by atoms with Gasteiger partial charge in [-0.25, -0.2) is 4.79 Å². The predicted molar refractivity (Wildman–Crippen MR) is 100 cm³/mol. The smallest absolute Gasteiger partial charge is 0.443 e. The standard InChI is InChI=1S/C19H28F3N3O3/c1-18(2,3)28-17(26)25(12-11-24-10-4-5-14(23)13-24)15-6-8-16(9-7-15)27-19(20,21)22/h6-9,14H,4-5,10-13,23H2,1-3H3. The lowest BCUT2D eigenvalue weighted by molar-refractivity contribution is -0.274. The highest BCUT2D eigenvalue weighted by Crippen LogP contribution is 2.26. The van der Waals surface area contributed by atoms with Crippen LogP contribution in [0.2, 0.25) is 0 Å². The molecule has 28 heavy (non-hydrogen) atoms. The molecule has 1 aliphatic heterocycles. The van der Waals surface area contributed by atoms with Gasteiger partial charge in [-0.05, 0) is 64.4 Å². The summed E-state index contributed by atoms with van der Waals surface area (Å²) in [6.07, 6.45) is -3.35. The maximum Gasteiger partial charge on any atom is 0.573 e. The molecular formula is C19H28F3N3O3. The van der Waals surface area contributed by atoms with E-state index < -0.39 is 18.1 Å². The van der Waals surface area contributed by atoms with Crippen molar-refractivity contribution in [3.05, 3.63) is 24.3 Å². The van der Waals surface area contributed by atoms with Gasteiger partial charge in [0.05, 0.1) is 0 Å². The number of hydrogen-bond acceptors (Lipinski definition) is 5. The Kier molecular flexibility index (Phi) is 7.16. The van der Waals surface area contributed by atoms with Crippen LogP contribution in [0.1, 0.15) is 33.6 Å². The number of ether oxygens (including phenoxy) is 2. The number of likely N-dealkylation sites (tertiary alicyclic amines) is 1. The highest BCUT2D eigenvalue weighted by atomic mass is 19.4. The molecule has 0 bridgehead atoms. The molecular weight excluding hydrogens is 375 g/mol. The van der Waals surface area contributed by atoms with Crippen molar-refractivity contribution < 1.29 is 27.4 Å². The molecule has 0 spiro atoms. The maximum absolute atomic E-state index is 12.7. The van der Waals surface area contributed by atoms with Crippen molar-refractivity contribution >= 4 is 11.8 Å². The topological polar surface area (TPSA) is 68.0 Å². The van der Waals surface area contributed by atoms with Crippen molar-refractivity contribution in [3.8, 4) is 5.75 Å². The average Bonchev–Trinajstić information content (AvgIpc) is 2.53. The maximum atomic E-state index is 12.7. The minimum absolute atomic E-state index is 0.113. The molecule has 158 valence electrons. The number of halogens is 3. The minimum Gasteiger partial charge on any atom is -0.443 e. The van der Waals surface area contributed by atoms with E-state index in [1.807, 2.05) is 0 Å². The molecule has 0 aromatic heterocycles. The molecule has 1 fully saturated rings. The van der Waals surface area contributed by atoms with E-state index in [1.54, 1.807) is 20.8 Å². The molecule has 6 nitrogen and oxygen atoms in total. The van der Waals surface area contributed by atoms with Gasteiger partial charge in [0.2, 0.25) is 0 Å². The van der Waals surface area contributed by atoms with Gasteiger partial charge in [-0.1, -0.05) is 0 Å². The molecule has 1 amide bonds. The third-order valence-electron chi connectivity index (χ3n) is 4.18. The van der Waals surface area contributed by atoms with Crippen LogP contribution < -0.4 is 15.4 Å². The molecule has 1 aromatic carbocycles. The Morgan fingerprint density at radius 1 is 1.25 bits per heavy atom. The van der Waals surface area contributed by atoms with Gasteiger partial charge in [-0.2, -0.15) is 0 Å². The van der Waals surface area contributed by atoms with Crippen LogP contribution in [0.25, 0.3) is 0 Å². The minimum atomic E-state index is -4.76. The van der Waals surface area contributed by atoms with E-state index in [-0.39, 0.29) is 11.8 Å². The Balaban J connectivity index is 2.11. The van der Waals surface area contributed by atoms with Crippen LogP contribution in [-0.4, -0.2) is 55.2 Å². The Bertz CT molecular complexity index is 645. The van der Waals surface area contributed by atoms with Crippen molar-refractivity contribution in [2.24, 2.45) is 5.73 Å². The summed E-state index contributed by atoms with van der Waals surface area (Å²) >= 11 is 0. The fourth-order valence-corrected chi connectivity index (χ4v) is 3.01. The molecule has 1 aromatic rings. The van der Waals surface area contributed by atoms with Crippen molar-refractivity contribution in [3.63, 3.8) is 0 Å². The van der Waals surface area contributed by atoms with Crippen LogP contribution in [0.4, 0.5) is 23.7 Å². The summed E-state index contributed by atoms with van der Waals surface area (Å²) in [7, 11) is 0. The summed E-state index contributed by atoms with van der Waals surface area (Å²) < 4.78 is 46.4. The Morgan fingerprint density at radius 3 is 2.43 bits per heavy atom. The fourth-order valence-electron chi connectivity index (χ4n) is 3.01. The lowest BCUT2D eigenvalue weighted by Crippen LogP contribution is -2.47. The molecule has 0 aliphatic carbocycles. The summed E-state index contributed by atoms with van der Waals surface area (Å²) in [5, 5.41) is 0. The average molecular weight is 403 g/mol. The molecule has 1 unspecified atom stereocenters. The molecule has 1 saturated heterocycles. The number of amides is 1. The second-order valence-corrected chi connectivity index (χ2v) is 7.88. The summed E-state index contributed by atoms with van der Waals surface area (Å²) in [4.78, 5) is 16.3. The Labute approximate surface area is 163 Å². The van der Waals surface area contributed by atoms with E-state index in [4.69, 9.17) is 10.5 Å². The number of anilines is 1. The van der Waals surface area contributed by atoms with Gasteiger partial charge < -0.3 is 20.1 Å². The number of carbonyl (C=O) groups excluding carboxylic acids is 1. The van der Waals surface area contributed by atoms with Crippen LogP contribution in [-0.2, 0) is 4.74 Å². The molecule has 2 N–H and O–H groups in total. The number of nitrogens with zero attached hydrogens (tertiary/aromatic N) is 2. The van der Waals surface area contributed by atoms with Crippen LogP contribution >= 0.6 is 0 Å². The Morgan fingerprint density at radius 2 is 1.89 bits per heavy atom. The number of piperidine rings is 1. The molecule has 1 aliphatic rings. The normalized spacial score (nSPS) is 18.6. The van der Waals surface area contributed by atoms with E-state index in [0.717, 1.165) is 25.9 Å². The van der Waals surface area contributed by atoms with E-state index in [2.05, 4.69) is 9.64 Å². The lowest BCUT2D eigenvalue weighted by Gasteiger charge is -2.33. The lowest BCUT2D eigenvalue weighted by atomic mass is 10.1. The van der Waals surface area contributed by atoms with E-state index in [1.165, 1.54) is 29.2 Å². The largest absolute Gasteiger partial charge is 0.573 e. The summed E-state index contributed by atoms with van der Waals surface area (Å²) in [5.41, 5.74) is 5.74. The number of nitrogens with two attached hydrogens (primary N) is 1. The van der Waals surface area contributed by atoms with E-state index >= 15 is 0 Å². The number of benzene rings is 1. The first-order chi connectivity index (χ1) is 12.9. The molecule has 1 atom stereocenters. The summed E-state index contributed by atoms with van der Waals surface area (Å²) in [6, 6.07) is 5.29. The van der Waals surface area contributed by atoms with Crippen molar-refractivity contribution in [1.82, 2.24) is 4.90 Å². The van der Waals surface area contributed by atoms with Gasteiger partial charge in [0.1, 0.15) is 11.4 Å². The molecule has 0 saturated carbocycles. The third kappa shape index (κ3) is 7.55. The Hall–Kier alpha value is -2.00. The molecule has 9 heteroatoms. The summed E-state index contributed by atoms with van der Waals surface area (Å²) in [5.74, 6) is -0.345. The van der Waals surface area contributed by atoms with E-state index in [0.29, 0.717) is 18.8 Å². The van der Waals surface area contributed by atoms with Crippen LogP contribution in [0.15, 0.2) is 24.3 Å². The second kappa shape index (κ2) is 9.00. The second-order valence-electron chi connectivity index (χ2n) is 7.88. The monoisotopic (exact) mass is 403 g/mol. The number of rotatable bonds is 5. The van der Waals surface area contributed by atoms with Gasteiger partial charge in [-0.3, -0.25) is 4.90 Å². The van der Waals surface area contributed by atoms with Crippen molar-refractivity contribution in [2.75, 3.05) is 31.1 Å². The van der Waals surface area contributed by atoms with Gasteiger partial charge in [-0.15, -0.1) is 13.2 Å². The zero-order chi connectivity index (χ0) is 20.9. The fraction of sp³-hybridized carbons (Fsp3) is 0.632. The zero-order valence-electron chi connectivity index (χ0n) is 16.5. The molecule has 1 heterocycles. The molecule has 2 rings (SSSR count). The number of carbonyl (C=O) groups is 1. The predicted octanol–water partition coefficient (Wildman–Crippen LogP) is 3.75. The van der Waals surface area contributed by atoms with E-state index in [9.17, 15) is 18.0 Å². The van der Waals surface area contributed by atoms with Crippen molar-refractivity contribution in [2.45, 2.75) is 51.6 Å². The van der Waals surface area contributed by atoms with Crippen LogP contribution in [0, 0.1) is 0 Å². The van der Waals surface area contributed by atoms with Gasteiger partial charge >= 0.3 is 12.5 Å². The SMILES string of the molecule is CC(C)(C)OC(=O)N(CCN1CCCC(N)C1)c1ccc(OC(F)(F)F)cc1. The van der Waals surface area contributed by atoms with Crippen LogP contribution in [0.3, 0.4) is 0 Å². The zero-order valence-corrected chi connectivity index (χ0v) is 16.5. The van der Waals surface area contributed by atoms with Crippen LogP contribution in [0.5, 0.6) is 5.75 Å². The quantitative estimate of drug-likeness (QED) is 0.811. The number of alkyl halides is 3. The highest BCUT2D eigenvalue weighted by Gasteiger charge is 2.31. The van der Waals surface area contributed by atoms with Gasteiger partial charge in [0.25, 0.3) is 0 Å². The first-order valence-electron chi connectivity index (χ1n) is 9.27.